The third kappa shape index (κ3) is 11.3. The molecule has 6 heteroatoms. The molecule has 0 unspecified atom stereocenters. The van der Waals surface area contributed by atoms with Gasteiger partial charge in [-0.3, -0.25) is 14.4 Å². The number of esters is 1. The van der Waals surface area contributed by atoms with Gasteiger partial charge in [-0.1, -0.05) is 82.2 Å². The van der Waals surface area contributed by atoms with Gasteiger partial charge in [0.15, 0.2) is 0 Å². The second kappa shape index (κ2) is 14.6. The van der Waals surface area contributed by atoms with Crippen LogP contribution in [0.15, 0.2) is 30.3 Å². The number of hydrogen-bond donors (Lipinski definition) is 2. The summed E-state index contributed by atoms with van der Waals surface area (Å²) in [5.74, 6) is -1.51. The van der Waals surface area contributed by atoms with E-state index in [9.17, 15) is 14.4 Å². The zero-order valence-electron chi connectivity index (χ0n) is 20.5. The molecule has 0 aliphatic rings. The van der Waals surface area contributed by atoms with Crippen molar-refractivity contribution in [3.63, 3.8) is 0 Å². The van der Waals surface area contributed by atoms with Gasteiger partial charge in [0, 0.05) is 13.0 Å². The Hall–Kier alpha value is -2.37. The molecule has 0 spiro atoms. The van der Waals surface area contributed by atoms with Gasteiger partial charge in [-0.25, -0.2) is 0 Å². The summed E-state index contributed by atoms with van der Waals surface area (Å²) < 4.78 is 5.45. The second-order valence-corrected chi connectivity index (χ2v) is 9.36. The minimum atomic E-state index is -0.802. The molecule has 1 aromatic carbocycles. The third-order valence-corrected chi connectivity index (χ3v) is 5.29. The molecule has 0 radical (unpaired) electrons. The molecule has 1 aromatic rings. The maximum absolute atomic E-state index is 13.2. The van der Waals surface area contributed by atoms with Crippen LogP contribution >= 0.6 is 0 Å². The number of likely N-dealkylation sites (N-methyl/N-ethyl adjacent to an activating group) is 1. The Balaban J connectivity index is 2.81. The van der Waals surface area contributed by atoms with E-state index in [-0.39, 0.29) is 18.2 Å². The Kier molecular flexibility index (Phi) is 12.7. The van der Waals surface area contributed by atoms with Gasteiger partial charge in [0.05, 0.1) is 6.42 Å². The van der Waals surface area contributed by atoms with Crippen LogP contribution in [0.25, 0.3) is 0 Å². The lowest BCUT2D eigenvalue weighted by Gasteiger charge is -2.24. The smallest absolute Gasteiger partial charge is 0.307 e. The van der Waals surface area contributed by atoms with Crippen molar-refractivity contribution in [1.82, 2.24) is 10.6 Å². The van der Waals surface area contributed by atoms with Crippen molar-refractivity contribution in [2.45, 2.75) is 97.1 Å². The lowest BCUT2D eigenvalue weighted by Crippen LogP contribution is -2.42. The van der Waals surface area contributed by atoms with Gasteiger partial charge in [-0.15, -0.1) is 0 Å². The van der Waals surface area contributed by atoms with Crippen molar-refractivity contribution in [1.29, 1.82) is 0 Å². The average Bonchev–Trinajstić information content (AvgIpc) is 2.74. The summed E-state index contributed by atoms with van der Waals surface area (Å²) in [5.41, 5.74) is 0.0960. The van der Waals surface area contributed by atoms with Gasteiger partial charge in [-0.2, -0.15) is 0 Å². The second-order valence-electron chi connectivity index (χ2n) is 9.36. The van der Waals surface area contributed by atoms with Gasteiger partial charge in [0.1, 0.15) is 11.6 Å². The predicted molar refractivity (Wildman–Crippen MR) is 128 cm³/mol. The number of benzene rings is 1. The summed E-state index contributed by atoms with van der Waals surface area (Å²) in [6.45, 7) is 7.63. The summed E-state index contributed by atoms with van der Waals surface area (Å²) in [7, 11) is 1.54. The summed E-state index contributed by atoms with van der Waals surface area (Å²) in [4.78, 5) is 38.0. The highest BCUT2D eigenvalue weighted by atomic mass is 16.6. The molecular weight excluding hydrogens is 404 g/mol. The number of carbonyl (C=O) groups excluding carboxylic acids is 3. The molecule has 32 heavy (non-hydrogen) atoms. The molecule has 0 aliphatic carbocycles. The fourth-order valence-electron chi connectivity index (χ4n) is 3.61. The van der Waals surface area contributed by atoms with E-state index in [1.54, 1.807) is 19.2 Å². The molecule has 0 saturated carbocycles. The Morgan fingerprint density at radius 1 is 0.906 bits per heavy atom. The lowest BCUT2D eigenvalue weighted by atomic mass is 9.95. The first-order chi connectivity index (χ1) is 15.2. The molecule has 2 N–H and O–H groups in total. The zero-order chi connectivity index (χ0) is 24.0. The first kappa shape index (κ1) is 27.7. The fourth-order valence-corrected chi connectivity index (χ4v) is 3.61. The standard InChI is InChI=1S/C26H42N2O4/c1-6-7-8-9-10-11-13-18-21(19-22(29)32-26(2,3)4)24(30)28-23(25(31)27-5)20-16-14-12-15-17-20/h12,14-17,21,23H,6-11,13,18-19H2,1-5H3,(H,27,31)(H,28,30)/t21-,23+/m1/s1. The molecule has 0 aromatic heterocycles. The Labute approximate surface area is 193 Å². The van der Waals surface area contributed by atoms with E-state index in [1.807, 2.05) is 39.0 Å². The van der Waals surface area contributed by atoms with Gasteiger partial charge >= 0.3 is 5.97 Å². The van der Waals surface area contributed by atoms with Crippen molar-refractivity contribution in [2.75, 3.05) is 7.05 Å². The van der Waals surface area contributed by atoms with Gasteiger partial charge in [-0.05, 0) is 32.8 Å². The third-order valence-electron chi connectivity index (χ3n) is 5.29. The van der Waals surface area contributed by atoms with Crippen LogP contribution in [-0.2, 0) is 19.1 Å². The van der Waals surface area contributed by atoms with E-state index >= 15 is 0 Å². The molecule has 0 fully saturated rings. The number of carbonyl (C=O) groups is 3. The largest absolute Gasteiger partial charge is 0.460 e. The fraction of sp³-hybridized carbons (Fsp3) is 0.654. The number of rotatable bonds is 14. The SMILES string of the molecule is CCCCCCCCC[C@H](CC(=O)OC(C)(C)C)C(=O)N[C@H](C(=O)NC)c1ccccc1. The number of amides is 2. The first-order valence-corrected chi connectivity index (χ1v) is 12.0. The van der Waals surface area contributed by atoms with E-state index in [4.69, 9.17) is 4.74 Å². The summed E-state index contributed by atoms with van der Waals surface area (Å²) in [5, 5.41) is 5.47. The maximum Gasteiger partial charge on any atom is 0.307 e. The van der Waals surface area contributed by atoms with Crippen LogP contribution in [0.4, 0.5) is 0 Å². The lowest BCUT2D eigenvalue weighted by molar-refractivity contribution is -0.157. The zero-order valence-corrected chi connectivity index (χ0v) is 20.5. The van der Waals surface area contributed by atoms with Crippen LogP contribution in [0.2, 0.25) is 0 Å². The first-order valence-electron chi connectivity index (χ1n) is 12.0. The van der Waals surface area contributed by atoms with Crippen LogP contribution in [0.5, 0.6) is 0 Å². The molecule has 0 aliphatic heterocycles. The average molecular weight is 447 g/mol. The molecule has 180 valence electrons. The monoisotopic (exact) mass is 446 g/mol. The molecule has 2 amide bonds. The van der Waals surface area contributed by atoms with Crippen molar-refractivity contribution >= 4 is 17.8 Å². The summed E-state index contributed by atoms with van der Waals surface area (Å²) in [6.07, 6.45) is 8.53. The Morgan fingerprint density at radius 3 is 2.06 bits per heavy atom. The highest BCUT2D eigenvalue weighted by Gasteiger charge is 2.29. The van der Waals surface area contributed by atoms with Crippen LogP contribution in [0.3, 0.4) is 0 Å². The predicted octanol–water partition coefficient (Wildman–Crippen LogP) is 5.08. The highest BCUT2D eigenvalue weighted by Crippen LogP contribution is 2.21. The number of unbranched alkanes of at least 4 members (excludes halogenated alkanes) is 6. The topological polar surface area (TPSA) is 84.5 Å². The van der Waals surface area contributed by atoms with Crippen LogP contribution in [0.1, 0.15) is 97.1 Å². The van der Waals surface area contributed by atoms with E-state index in [0.717, 1.165) is 19.3 Å². The minimum absolute atomic E-state index is 0.00813. The van der Waals surface area contributed by atoms with Crippen molar-refractivity contribution < 1.29 is 19.1 Å². The Bertz CT molecular complexity index is 698. The minimum Gasteiger partial charge on any atom is -0.460 e. The molecular formula is C26H42N2O4. The summed E-state index contributed by atoms with van der Waals surface area (Å²) >= 11 is 0. The van der Waals surface area contributed by atoms with Gasteiger partial charge in [0.2, 0.25) is 11.8 Å². The summed E-state index contributed by atoms with van der Waals surface area (Å²) in [6, 6.07) is 8.32. The molecule has 0 bridgehead atoms. The van der Waals surface area contributed by atoms with Crippen molar-refractivity contribution in [2.24, 2.45) is 5.92 Å². The highest BCUT2D eigenvalue weighted by molar-refractivity contribution is 5.90. The Morgan fingerprint density at radius 2 is 1.50 bits per heavy atom. The van der Waals surface area contributed by atoms with Crippen molar-refractivity contribution in [3.05, 3.63) is 35.9 Å². The van der Waals surface area contributed by atoms with E-state index < -0.39 is 23.5 Å². The number of ether oxygens (including phenoxy) is 1. The molecule has 0 heterocycles. The maximum atomic E-state index is 13.2. The van der Waals surface area contributed by atoms with Crippen LogP contribution < -0.4 is 10.6 Å². The van der Waals surface area contributed by atoms with Crippen LogP contribution in [0, 0.1) is 5.92 Å². The normalized spacial score (nSPS) is 13.2. The molecule has 2 atom stereocenters. The van der Waals surface area contributed by atoms with Gasteiger partial charge in [0.25, 0.3) is 0 Å². The van der Waals surface area contributed by atoms with E-state index in [2.05, 4.69) is 17.6 Å². The number of hydrogen-bond acceptors (Lipinski definition) is 4. The molecule has 6 nitrogen and oxygen atoms in total. The molecule has 1 rings (SSSR count). The number of nitrogens with one attached hydrogen (secondary N) is 2. The van der Waals surface area contributed by atoms with Gasteiger partial charge < -0.3 is 15.4 Å². The quantitative estimate of drug-likeness (QED) is 0.308. The van der Waals surface area contributed by atoms with Crippen molar-refractivity contribution in [3.8, 4) is 0 Å². The van der Waals surface area contributed by atoms with Crippen LogP contribution in [-0.4, -0.2) is 30.4 Å². The van der Waals surface area contributed by atoms with E-state index in [0.29, 0.717) is 12.0 Å². The van der Waals surface area contributed by atoms with E-state index in [1.165, 1.54) is 25.7 Å². The molecule has 0 saturated heterocycles.